The fourth-order valence-corrected chi connectivity index (χ4v) is 2.49. The van der Waals surface area contributed by atoms with Crippen molar-refractivity contribution in [1.82, 2.24) is 15.5 Å². The van der Waals surface area contributed by atoms with Crippen molar-refractivity contribution in [1.29, 1.82) is 0 Å². The second kappa shape index (κ2) is 8.04. The molecule has 2 N–H and O–H groups in total. The van der Waals surface area contributed by atoms with Crippen LogP contribution >= 0.6 is 0 Å². The maximum absolute atomic E-state index is 12.1. The van der Waals surface area contributed by atoms with Crippen LogP contribution in [0.1, 0.15) is 23.2 Å². The van der Waals surface area contributed by atoms with Gasteiger partial charge in [-0.15, -0.1) is 0 Å². The van der Waals surface area contributed by atoms with Crippen LogP contribution in [0.3, 0.4) is 0 Å². The highest BCUT2D eigenvalue weighted by molar-refractivity contribution is 6.35. The molecule has 0 unspecified atom stereocenters. The van der Waals surface area contributed by atoms with Crippen LogP contribution in [-0.4, -0.2) is 55.0 Å². The van der Waals surface area contributed by atoms with E-state index in [2.05, 4.69) is 5.32 Å². The minimum Gasteiger partial charge on any atom is -0.472 e. The second-order valence-electron chi connectivity index (χ2n) is 5.76. The summed E-state index contributed by atoms with van der Waals surface area (Å²) < 4.78 is 40.8. The summed E-state index contributed by atoms with van der Waals surface area (Å²) >= 11 is 0. The molecule has 1 fully saturated rings. The van der Waals surface area contributed by atoms with Gasteiger partial charge >= 0.3 is 18.0 Å². The predicted molar refractivity (Wildman–Crippen MR) is 79.4 cm³/mol. The number of furan rings is 1. The predicted octanol–water partition coefficient (Wildman–Crippen LogP) is 0.926. The molecule has 2 heterocycles. The maximum Gasteiger partial charge on any atom is 0.405 e. The molecule has 1 aliphatic heterocycles. The number of carbonyl (C=O) groups excluding carboxylic acids is 3. The van der Waals surface area contributed by atoms with Crippen LogP contribution in [0, 0.1) is 5.92 Å². The zero-order valence-corrected chi connectivity index (χ0v) is 13.3. The Morgan fingerprint density at radius 3 is 2.36 bits per heavy atom. The first-order valence-corrected chi connectivity index (χ1v) is 7.70. The van der Waals surface area contributed by atoms with Crippen molar-refractivity contribution < 1.29 is 32.0 Å². The third-order valence-corrected chi connectivity index (χ3v) is 3.88. The lowest BCUT2D eigenvalue weighted by molar-refractivity contribution is -0.146. The van der Waals surface area contributed by atoms with Crippen LogP contribution in [0.2, 0.25) is 0 Å². The van der Waals surface area contributed by atoms with E-state index in [1.807, 2.05) is 0 Å². The van der Waals surface area contributed by atoms with E-state index in [0.29, 0.717) is 31.5 Å². The Kier molecular flexibility index (Phi) is 6.05. The van der Waals surface area contributed by atoms with Crippen LogP contribution in [0.15, 0.2) is 23.0 Å². The van der Waals surface area contributed by atoms with E-state index in [9.17, 15) is 27.6 Å². The van der Waals surface area contributed by atoms with E-state index in [1.165, 1.54) is 17.8 Å². The lowest BCUT2D eigenvalue weighted by Crippen LogP contribution is -2.46. The Morgan fingerprint density at radius 1 is 1.16 bits per heavy atom. The number of likely N-dealkylation sites (tertiary alicyclic amines) is 1. The Bertz CT molecular complexity index is 608. The molecule has 138 valence electrons. The van der Waals surface area contributed by atoms with Gasteiger partial charge in [0.15, 0.2) is 0 Å². The lowest BCUT2D eigenvalue weighted by atomic mass is 9.96. The highest BCUT2D eigenvalue weighted by Crippen LogP contribution is 2.18. The quantitative estimate of drug-likeness (QED) is 0.781. The van der Waals surface area contributed by atoms with E-state index < -0.39 is 24.5 Å². The average molecular weight is 361 g/mol. The summed E-state index contributed by atoms with van der Waals surface area (Å²) in [6.07, 6.45) is -0.542. The van der Waals surface area contributed by atoms with Crippen molar-refractivity contribution in [3.8, 4) is 0 Å². The van der Waals surface area contributed by atoms with Crippen LogP contribution in [0.25, 0.3) is 0 Å². The largest absolute Gasteiger partial charge is 0.472 e. The van der Waals surface area contributed by atoms with Gasteiger partial charge in [-0.25, -0.2) is 0 Å². The highest BCUT2D eigenvalue weighted by Gasteiger charge is 2.29. The molecular formula is C15H18F3N3O4. The lowest BCUT2D eigenvalue weighted by Gasteiger charge is -2.31. The topological polar surface area (TPSA) is 91.7 Å². The number of rotatable bonds is 4. The van der Waals surface area contributed by atoms with Crippen LogP contribution < -0.4 is 10.6 Å². The summed E-state index contributed by atoms with van der Waals surface area (Å²) in [6, 6.07) is 1.58. The van der Waals surface area contributed by atoms with Gasteiger partial charge in [-0.3, -0.25) is 14.4 Å². The van der Waals surface area contributed by atoms with Gasteiger partial charge in [0.1, 0.15) is 12.8 Å². The molecule has 0 saturated carbocycles. The molecule has 25 heavy (non-hydrogen) atoms. The molecule has 2 rings (SSSR count). The number of carbonyl (C=O) groups is 3. The Hall–Kier alpha value is -2.52. The van der Waals surface area contributed by atoms with Gasteiger partial charge in [-0.2, -0.15) is 13.2 Å². The van der Waals surface area contributed by atoms with Gasteiger partial charge in [0, 0.05) is 19.6 Å². The van der Waals surface area contributed by atoms with Gasteiger partial charge in [0.25, 0.3) is 5.91 Å². The number of hydrogen-bond donors (Lipinski definition) is 2. The van der Waals surface area contributed by atoms with Crippen LogP contribution in [0.5, 0.6) is 0 Å². The normalized spacial score (nSPS) is 15.7. The van der Waals surface area contributed by atoms with E-state index in [4.69, 9.17) is 4.42 Å². The van der Waals surface area contributed by atoms with Crippen molar-refractivity contribution in [3.05, 3.63) is 24.2 Å². The summed E-state index contributed by atoms with van der Waals surface area (Å²) in [5.74, 6) is -2.50. The van der Waals surface area contributed by atoms with Gasteiger partial charge < -0.3 is 20.0 Å². The summed E-state index contributed by atoms with van der Waals surface area (Å²) in [5, 5.41) is 3.83. The molecular weight excluding hydrogens is 343 g/mol. The SMILES string of the molecule is O=C(NCC1CCN(C(=O)c2ccoc2)CC1)C(=O)NCC(F)(F)F. The summed E-state index contributed by atoms with van der Waals surface area (Å²) in [7, 11) is 0. The summed E-state index contributed by atoms with van der Waals surface area (Å²) in [6.45, 7) is -0.393. The number of piperidine rings is 1. The molecule has 0 aliphatic carbocycles. The molecule has 0 bridgehead atoms. The van der Waals surface area contributed by atoms with Crippen LogP contribution in [0.4, 0.5) is 13.2 Å². The first-order chi connectivity index (χ1) is 11.8. The van der Waals surface area contributed by atoms with Gasteiger partial charge in [-0.05, 0) is 24.8 Å². The number of amides is 3. The molecule has 0 radical (unpaired) electrons. The van der Waals surface area contributed by atoms with E-state index in [-0.39, 0.29) is 18.4 Å². The second-order valence-corrected chi connectivity index (χ2v) is 5.76. The number of alkyl halides is 3. The zero-order chi connectivity index (χ0) is 18.4. The van der Waals surface area contributed by atoms with E-state index in [0.717, 1.165) is 0 Å². The minimum absolute atomic E-state index is 0.0489. The molecule has 3 amide bonds. The van der Waals surface area contributed by atoms with E-state index in [1.54, 1.807) is 11.0 Å². The average Bonchev–Trinajstić information content (AvgIpc) is 3.11. The number of nitrogens with zero attached hydrogens (tertiary/aromatic N) is 1. The first kappa shape index (κ1) is 18.8. The molecule has 0 atom stereocenters. The van der Waals surface area contributed by atoms with Crippen molar-refractivity contribution >= 4 is 17.7 Å². The number of hydrogen-bond acceptors (Lipinski definition) is 4. The zero-order valence-electron chi connectivity index (χ0n) is 13.3. The molecule has 0 aromatic carbocycles. The third kappa shape index (κ3) is 5.80. The van der Waals surface area contributed by atoms with Crippen molar-refractivity contribution in [2.24, 2.45) is 5.92 Å². The molecule has 7 nitrogen and oxygen atoms in total. The fourth-order valence-electron chi connectivity index (χ4n) is 2.49. The molecule has 0 spiro atoms. The monoisotopic (exact) mass is 361 g/mol. The molecule has 1 aromatic heterocycles. The van der Waals surface area contributed by atoms with Gasteiger partial charge in [0.2, 0.25) is 0 Å². The highest BCUT2D eigenvalue weighted by atomic mass is 19.4. The fraction of sp³-hybridized carbons (Fsp3) is 0.533. The summed E-state index contributed by atoms with van der Waals surface area (Å²) in [5.41, 5.74) is 0.466. The molecule has 1 aliphatic rings. The van der Waals surface area contributed by atoms with Gasteiger partial charge in [0.05, 0.1) is 11.8 Å². The Balaban J connectivity index is 1.69. The first-order valence-electron chi connectivity index (χ1n) is 7.70. The minimum atomic E-state index is -4.57. The Labute approximate surface area is 141 Å². The number of halogens is 3. The standard InChI is InChI=1S/C15H18F3N3O4/c16-15(17,18)9-20-13(23)12(22)19-7-10-1-4-21(5-2-10)14(24)11-3-6-25-8-11/h3,6,8,10H,1-2,4-5,7,9H2,(H,19,22)(H,20,23). The maximum atomic E-state index is 12.1. The van der Waals surface area contributed by atoms with Crippen molar-refractivity contribution in [2.45, 2.75) is 19.0 Å². The Morgan fingerprint density at radius 2 is 1.80 bits per heavy atom. The van der Waals surface area contributed by atoms with Crippen molar-refractivity contribution in [3.63, 3.8) is 0 Å². The molecule has 1 aromatic rings. The van der Waals surface area contributed by atoms with Crippen LogP contribution in [-0.2, 0) is 9.59 Å². The smallest absolute Gasteiger partial charge is 0.405 e. The van der Waals surface area contributed by atoms with E-state index >= 15 is 0 Å². The molecule has 10 heteroatoms. The van der Waals surface area contributed by atoms with Gasteiger partial charge in [-0.1, -0.05) is 0 Å². The number of nitrogens with one attached hydrogen (secondary N) is 2. The van der Waals surface area contributed by atoms with Crippen molar-refractivity contribution in [2.75, 3.05) is 26.2 Å². The molecule has 1 saturated heterocycles. The third-order valence-electron chi connectivity index (χ3n) is 3.88. The summed E-state index contributed by atoms with van der Waals surface area (Å²) in [4.78, 5) is 36.5.